The predicted molar refractivity (Wildman–Crippen MR) is 69.8 cm³/mol. The highest BCUT2D eigenvalue weighted by Crippen LogP contribution is 2.25. The van der Waals surface area contributed by atoms with Crippen LogP contribution in [0.4, 0.5) is 5.82 Å². The van der Waals surface area contributed by atoms with E-state index in [1.54, 1.807) is 4.52 Å². The lowest BCUT2D eigenvalue weighted by atomic mass is 10.2. The van der Waals surface area contributed by atoms with E-state index in [2.05, 4.69) is 15.4 Å². The molecule has 2 N–H and O–H groups in total. The van der Waals surface area contributed by atoms with E-state index in [-0.39, 0.29) is 11.9 Å². The van der Waals surface area contributed by atoms with Crippen LogP contribution in [0.5, 0.6) is 0 Å². The van der Waals surface area contributed by atoms with Crippen LogP contribution >= 0.6 is 11.6 Å². The summed E-state index contributed by atoms with van der Waals surface area (Å²) in [5.41, 5.74) is 1.57. The maximum atomic E-state index is 9.25. The zero-order valence-electron chi connectivity index (χ0n) is 9.93. The zero-order chi connectivity index (χ0) is 12.5. The molecular weight excluding hydrogens is 252 g/mol. The van der Waals surface area contributed by atoms with E-state index in [4.69, 9.17) is 11.6 Å². The molecule has 0 radical (unpaired) electrons. The molecule has 1 aliphatic rings. The fourth-order valence-corrected chi connectivity index (χ4v) is 2.67. The maximum Gasteiger partial charge on any atom is 0.243 e. The normalized spacial score (nSPS) is 16.6. The Hall–Kier alpha value is -1.33. The molecule has 0 aliphatic heterocycles. The van der Waals surface area contributed by atoms with Gasteiger partial charge in [-0.2, -0.15) is 4.98 Å². The van der Waals surface area contributed by atoms with Gasteiger partial charge >= 0.3 is 0 Å². The summed E-state index contributed by atoms with van der Waals surface area (Å²) in [7, 11) is 0. The molecule has 2 aromatic rings. The van der Waals surface area contributed by atoms with Crippen molar-refractivity contribution in [3.63, 3.8) is 0 Å². The zero-order valence-corrected chi connectivity index (χ0v) is 10.7. The molecule has 0 saturated heterocycles. The van der Waals surface area contributed by atoms with Gasteiger partial charge in [-0.25, -0.2) is 4.52 Å². The number of nitrogens with one attached hydrogen (secondary N) is 1. The third kappa shape index (κ3) is 2.04. The number of aliphatic hydroxyl groups is 1. The fourth-order valence-electron chi connectivity index (χ4n) is 2.51. The predicted octanol–water partition coefficient (Wildman–Crippen LogP) is 2.23. The van der Waals surface area contributed by atoms with Crippen molar-refractivity contribution in [2.45, 2.75) is 38.3 Å². The number of aromatic nitrogens is 3. The first-order chi connectivity index (χ1) is 8.78. The average molecular weight is 267 g/mol. The Morgan fingerprint density at radius 1 is 1.39 bits per heavy atom. The number of aliphatic hydroxyl groups excluding tert-OH is 1. The minimum Gasteiger partial charge on any atom is -0.390 e. The molecule has 2 aromatic heterocycles. The van der Waals surface area contributed by atoms with Gasteiger partial charge in [-0.3, -0.25) is 0 Å². The monoisotopic (exact) mass is 266 g/mol. The van der Waals surface area contributed by atoms with Crippen LogP contribution < -0.4 is 5.32 Å². The Morgan fingerprint density at radius 2 is 2.17 bits per heavy atom. The van der Waals surface area contributed by atoms with E-state index >= 15 is 0 Å². The first-order valence-electron chi connectivity index (χ1n) is 6.19. The van der Waals surface area contributed by atoms with Gasteiger partial charge in [0.05, 0.1) is 12.3 Å². The van der Waals surface area contributed by atoms with Crippen molar-refractivity contribution in [3.8, 4) is 0 Å². The molecule has 0 bridgehead atoms. The highest BCUT2D eigenvalue weighted by molar-refractivity contribution is 6.28. The Labute approximate surface area is 110 Å². The number of halogens is 1. The molecule has 0 unspecified atom stereocenters. The van der Waals surface area contributed by atoms with Crippen LogP contribution in [-0.2, 0) is 6.61 Å². The molecule has 6 heteroatoms. The molecule has 18 heavy (non-hydrogen) atoms. The summed E-state index contributed by atoms with van der Waals surface area (Å²) in [4.78, 5) is 4.25. The molecule has 0 atom stereocenters. The standard InChI is InChI=1S/C12H15ClN4O/c13-12-15-11(14-8-3-1-2-4-8)10-6-5-9(7-18)17(10)16-12/h5-6,8,18H,1-4,7H2,(H,14,15,16). The Morgan fingerprint density at radius 3 is 2.89 bits per heavy atom. The second-order valence-electron chi connectivity index (χ2n) is 4.63. The highest BCUT2D eigenvalue weighted by atomic mass is 35.5. The van der Waals surface area contributed by atoms with Crippen molar-refractivity contribution in [2.75, 3.05) is 5.32 Å². The number of fused-ring (bicyclic) bond motifs is 1. The van der Waals surface area contributed by atoms with Gasteiger partial charge < -0.3 is 10.4 Å². The van der Waals surface area contributed by atoms with Crippen LogP contribution in [0.1, 0.15) is 31.4 Å². The largest absolute Gasteiger partial charge is 0.390 e. The lowest BCUT2D eigenvalue weighted by Gasteiger charge is -2.13. The summed E-state index contributed by atoms with van der Waals surface area (Å²) < 4.78 is 1.65. The minimum absolute atomic E-state index is 0.0651. The quantitative estimate of drug-likeness (QED) is 0.894. The molecule has 1 fully saturated rings. The van der Waals surface area contributed by atoms with Crippen LogP contribution in [0.2, 0.25) is 5.28 Å². The summed E-state index contributed by atoms with van der Waals surface area (Å²) in [5.74, 6) is 0.751. The Bertz CT molecular complexity index is 562. The van der Waals surface area contributed by atoms with Gasteiger partial charge in [0, 0.05) is 6.04 Å². The van der Waals surface area contributed by atoms with Crippen molar-refractivity contribution in [1.29, 1.82) is 0 Å². The van der Waals surface area contributed by atoms with E-state index < -0.39 is 0 Å². The van der Waals surface area contributed by atoms with E-state index in [0.717, 1.165) is 11.3 Å². The SMILES string of the molecule is OCc1ccc2c(NC3CCCC3)nc(Cl)nn12. The van der Waals surface area contributed by atoms with E-state index in [0.29, 0.717) is 11.7 Å². The van der Waals surface area contributed by atoms with Gasteiger partial charge in [0.1, 0.15) is 5.52 Å². The third-order valence-corrected chi connectivity index (χ3v) is 3.58. The van der Waals surface area contributed by atoms with Gasteiger partial charge in [0.15, 0.2) is 5.82 Å². The molecule has 0 aromatic carbocycles. The van der Waals surface area contributed by atoms with Crippen molar-refractivity contribution < 1.29 is 5.11 Å². The second kappa shape index (κ2) is 4.74. The Kier molecular flexibility index (Phi) is 3.09. The summed E-state index contributed by atoms with van der Waals surface area (Å²) in [6, 6.07) is 4.20. The molecule has 0 amide bonds. The number of hydrogen-bond donors (Lipinski definition) is 2. The van der Waals surface area contributed by atoms with Crippen molar-refractivity contribution in [2.24, 2.45) is 0 Å². The minimum atomic E-state index is -0.0651. The van der Waals surface area contributed by atoms with Crippen molar-refractivity contribution >= 4 is 22.9 Å². The molecule has 1 aliphatic carbocycles. The van der Waals surface area contributed by atoms with E-state index in [1.165, 1.54) is 25.7 Å². The van der Waals surface area contributed by atoms with Crippen molar-refractivity contribution in [1.82, 2.24) is 14.6 Å². The molecule has 96 valence electrons. The summed E-state index contributed by atoms with van der Waals surface area (Å²) >= 11 is 5.93. The second-order valence-corrected chi connectivity index (χ2v) is 4.97. The molecule has 1 saturated carbocycles. The van der Waals surface area contributed by atoms with Crippen LogP contribution in [-0.4, -0.2) is 25.7 Å². The Balaban J connectivity index is 2.01. The number of anilines is 1. The summed E-state index contributed by atoms with van der Waals surface area (Å²) in [5, 5.41) is 17.0. The van der Waals surface area contributed by atoms with Gasteiger partial charge in [0.2, 0.25) is 5.28 Å². The van der Waals surface area contributed by atoms with Crippen LogP contribution in [0.3, 0.4) is 0 Å². The number of rotatable bonds is 3. The van der Waals surface area contributed by atoms with Gasteiger partial charge in [-0.1, -0.05) is 12.8 Å². The lowest BCUT2D eigenvalue weighted by molar-refractivity contribution is 0.274. The van der Waals surface area contributed by atoms with Gasteiger partial charge in [-0.15, -0.1) is 5.10 Å². The van der Waals surface area contributed by atoms with Crippen LogP contribution in [0.15, 0.2) is 12.1 Å². The molecular formula is C12H15ClN4O. The average Bonchev–Trinajstić information content (AvgIpc) is 2.97. The van der Waals surface area contributed by atoms with Gasteiger partial charge in [-0.05, 0) is 36.6 Å². The number of nitrogens with zero attached hydrogens (tertiary/aromatic N) is 3. The van der Waals surface area contributed by atoms with Crippen LogP contribution in [0.25, 0.3) is 5.52 Å². The lowest BCUT2D eigenvalue weighted by Crippen LogP contribution is -2.17. The van der Waals surface area contributed by atoms with Crippen molar-refractivity contribution in [3.05, 3.63) is 23.1 Å². The van der Waals surface area contributed by atoms with Crippen LogP contribution in [0, 0.1) is 0 Å². The maximum absolute atomic E-state index is 9.25. The molecule has 2 heterocycles. The van der Waals surface area contributed by atoms with E-state index in [9.17, 15) is 5.11 Å². The first kappa shape index (κ1) is 11.7. The smallest absolute Gasteiger partial charge is 0.243 e. The number of hydrogen-bond acceptors (Lipinski definition) is 4. The molecule has 0 spiro atoms. The molecule has 5 nitrogen and oxygen atoms in total. The highest BCUT2D eigenvalue weighted by Gasteiger charge is 2.18. The fraction of sp³-hybridized carbons (Fsp3) is 0.500. The topological polar surface area (TPSA) is 62.5 Å². The summed E-state index contributed by atoms with van der Waals surface area (Å²) in [6.45, 7) is -0.0651. The third-order valence-electron chi connectivity index (χ3n) is 3.42. The molecule has 3 rings (SSSR count). The van der Waals surface area contributed by atoms with Gasteiger partial charge in [0.25, 0.3) is 0 Å². The first-order valence-corrected chi connectivity index (χ1v) is 6.57. The van der Waals surface area contributed by atoms with E-state index in [1.807, 2.05) is 12.1 Å². The summed E-state index contributed by atoms with van der Waals surface area (Å²) in [6.07, 6.45) is 4.86.